The fraction of sp³-hybridized carbons (Fsp3) is 0.429. The Morgan fingerprint density at radius 3 is 2.54 bits per heavy atom. The van der Waals surface area contributed by atoms with Crippen LogP contribution in [0.3, 0.4) is 0 Å². The number of amides is 1. The molecule has 1 aromatic carbocycles. The molecule has 2 fully saturated rings. The van der Waals surface area contributed by atoms with E-state index < -0.39 is 0 Å². The molecule has 3 aromatic rings. The lowest BCUT2D eigenvalue weighted by Gasteiger charge is -2.40. The van der Waals surface area contributed by atoms with Crippen molar-refractivity contribution in [2.24, 2.45) is 7.05 Å². The fourth-order valence-corrected chi connectivity index (χ4v) is 4.36. The maximum atomic E-state index is 12.3. The number of benzene rings is 1. The Morgan fingerprint density at radius 2 is 1.82 bits per heavy atom. The highest BCUT2D eigenvalue weighted by Gasteiger charge is 2.35. The Morgan fingerprint density at radius 1 is 1.07 bits per heavy atom. The van der Waals surface area contributed by atoms with Crippen molar-refractivity contribution >= 4 is 28.6 Å². The number of hydrogen-bond donors (Lipinski definition) is 0. The van der Waals surface area contributed by atoms with Crippen molar-refractivity contribution in [3.63, 3.8) is 0 Å². The molecule has 7 nitrogen and oxygen atoms in total. The summed E-state index contributed by atoms with van der Waals surface area (Å²) in [4.78, 5) is 30.3. The van der Waals surface area contributed by atoms with Crippen molar-refractivity contribution in [1.29, 1.82) is 0 Å². The van der Waals surface area contributed by atoms with Crippen molar-refractivity contribution in [3.8, 4) is 0 Å². The average molecular weight is 376 g/mol. The number of carbonyl (C=O) groups excluding carboxylic acids is 1. The molecule has 0 aliphatic carbocycles. The second-order valence-electron chi connectivity index (χ2n) is 7.90. The third-order valence-corrected chi connectivity index (χ3v) is 5.94. The van der Waals surface area contributed by atoms with Crippen LogP contribution in [0.2, 0.25) is 0 Å². The van der Waals surface area contributed by atoms with Gasteiger partial charge in [0.05, 0.1) is 17.0 Å². The van der Waals surface area contributed by atoms with Crippen molar-refractivity contribution in [2.75, 3.05) is 22.9 Å². The molecule has 0 bridgehead atoms. The molecular formula is C21H24N6O. The third-order valence-electron chi connectivity index (χ3n) is 5.94. The van der Waals surface area contributed by atoms with E-state index in [1.165, 1.54) is 0 Å². The van der Waals surface area contributed by atoms with E-state index in [0.29, 0.717) is 18.2 Å². The highest BCUT2D eigenvalue weighted by Crippen LogP contribution is 2.34. The summed E-state index contributed by atoms with van der Waals surface area (Å²) < 4.78 is 2.19. The van der Waals surface area contributed by atoms with E-state index in [2.05, 4.69) is 45.5 Å². The summed E-state index contributed by atoms with van der Waals surface area (Å²) in [6, 6.07) is 10.4. The SMILES string of the molecule is Cc1nc(N2CC(c3nc4ccccc4n3C)C2)cc(N2C(=O)CCC2C)n1. The predicted octanol–water partition coefficient (Wildman–Crippen LogP) is 2.79. The van der Waals surface area contributed by atoms with E-state index in [9.17, 15) is 4.79 Å². The van der Waals surface area contributed by atoms with Gasteiger partial charge in [-0.1, -0.05) is 12.1 Å². The van der Waals surface area contributed by atoms with E-state index in [1.54, 1.807) is 0 Å². The van der Waals surface area contributed by atoms with Crippen LogP contribution in [0.1, 0.15) is 37.3 Å². The van der Waals surface area contributed by atoms with Gasteiger partial charge in [-0.3, -0.25) is 9.69 Å². The first kappa shape index (κ1) is 17.2. The predicted molar refractivity (Wildman–Crippen MR) is 109 cm³/mol. The summed E-state index contributed by atoms with van der Waals surface area (Å²) in [7, 11) is 2.08. The molecule has 2 aliphatic heterocycles. The van der Waals surface area contributed by atoms with E-state index >= 15 is 0 Å². The van der Waals surface area contributed by atoms with Crippen molar-refractivity contribution in [3.05, 3.63) is 42.0 Å². The molecular weight excluding hydrogens is 352 g/mol. The average Bonchev–Trinajstić information content (AvgIpc) is 3.13. The highest BCUT2D eigenvalue weighted by molar-refractivity contribution is 5.95. The van der Waals surface area contributed by atoms with Crippen LogP contribution in [0, 0.1) is 6.92 Å². The smallest absolute Gasteiger partial charge is 0.228 e. The molecule has 7 heteroatoms. The molecule has 144 valence electrons. The number of nitrogens with zero attached hydrogens (tertiary/aromatic N) is 6. The summed E-state index contributed by atoms with van der Waals surface area (Å²) in [5, 5.41) is 0. The van der Waals surface area contributed by atoms with Crippen LogP contribution in [0.4, 0.5) is 11.6 Å². The maximum Gasteiger partial charge on any atom is 0.228 e. The number of imidazole rings is 1. The van der Waals surface area contributed by atoms with Gasteiger partial charge in [0.2, 0.25) is 5.91 Å². The highest BCUT2D eigenvalue weighted by atomic mass is 16.2. The lowest BCUT2D eigenvalue weighted by Crippen LogP contribution is -2.46. The molecule has 1 atom stereocenters. The zero-order valence-electron chi connectivity index (χ0n) is 16.5. The van der Waals surface area contributed by atoms with Crippen molar-refractivity contribution in [2.45, 2.75) is 38.6 Å². The molecule has 0 radical (unpaired) electrons. The number of aryl methyl sites for hydroxylation is 2. The largest absolute Gasteiger partial charge is 0.355 e. The third kappa shape index (κ3) is 2.65. The van der Waals surface area contributed by atoms with Gasteiger partial charge in [0, 0.05) is 38.7 Å². The molecule has 0 spiro atoms. The van der Waals surface area contributed by atoms with Gasteiger partial charge in [0.15, 0.2) is 0 Å². The number of rotatable bonds is 3. The van der Waals surface area contributed by atoms with Crippen molar-refractivity contribution < 1.29 is 4.79 Å². The lowest BCUT2D eigenvalue weighted by molar-refractivity contribution is -0.117. The molecule has 4 heterocycles. The zero-order valence-corrected chi connectivity index (χ0v) is 16.5. The lowest BCUT2D eigenvalue weighted by atomic mass is 9.99. The zero-order chi connectivity index (χ0) is 19.4. The van der Waals surface area contributed by atoms with Gasteiger partial charge in [-0.25, -0.2) is 15.0 Å². The number of aromatic nitrogens is 4. The molecule has 2 saturated heterocycles. The summed E-state index contributed by atoms with van der Waals surface area (Å²) in [5.41, 5.74) is 2.21. The summed E-state index contributed by atoms with van der Waals surface area (Å²) in [6.45, 7) is 5.71. The van der Waals surface area contributed by atoms with E-state index in [4.69, 9.17) is 4.98 Å². The van der Waals surface area contributed by atoms with Crippen LogP contribution in [0.15, 0.2) is 30.3 Å². The molecule has 0 N–H and O–H groups in total. The number of fused-ring (bicyclic) bond motifs is 1. The van der Waals surface area contributed by atoms with E-state index in [1.807, 2.05) is 30.0 Å². The second-order valence-corrected chi connectivity index (χ2v) is 7.90. The van der Waals surface area contributed by atoms with Crippen LogP contribution in [0.25, 0.3) is 11.0 Å². The number of hydrogen-bond acceptors (Lipinski definition) is 5. The first-order valence-electron chi connectivity index (χ1n) is 9.85. The molecule has 1 amide bonds. The summed E-state index contributed by atoms with van der Waals surface area (Å²) in [6.07, 6.45) is 1.48. The Hall–Kier alpha value is -2.96. The Kier molecular flexibility index (Phi) is 3.86. The van der Waals surface area contributed by atoms with Gasteiger partial charge < -0.3 is 9.47 Å². The molecule has 2 aliphatic rings. The van der Waals surface area contributed by atoms with Gasteiger partial charge in [0.25, 0.3) is 0 Å². The van der Waals surface area contributed by atoms with E-state index in [-0.39, 0.29) is 11.9 Å². The second kappa shape index (κ2) is 6.29. The van der Waals surface area contributed by atoms with E-state index in [0.717, 1.165) is 48.0 Å². The molecule has 5 rings (SSSR count). The fourth-order valence-electron chi connectivity index (χ4n) is 4.36. The van der Waals surface area contributed by atoms with Crippen LogP contribution >= 0.6 is 0 Å². The Balaban J connectivity index is 1.38. The van der Waals surface area contributed by atoms with Gasteiger partial charge in [-0.15, -0.1) is 0 Å². The Labute approximate surface area is 164 Å². The van der Waals surface area contributed by atoms with Gasteiger partial charge in [-0.2, -0.15) is 0 Å². The minimum atomic E-state index is 0.151. The van der Waals surface area contributed by atoms with Gasteiger partial charge in [0.1, 0.15) is 23.3 Å². The number of para-hydroxylation sites is 2. The number of anilines is 2. The molecule has 0 saturated carbocycles. The quantitative estimate of drug-likeness (QED) is 0.703. The molecule has 2 aromatic heterocycles. The summed E-state index contributed by atoms with van der Waals surface area (Å²) in [5.74, 6) is 3.96. The monoisotopic (exact) mass is 376 g/mol. The molecule has 1 unspecified atom stereocenters. The van der Waals surface area contributed by atoms with Crippen molar-refractivity contribution in [1.82, 2.24) is 19.5 Å². The minimum absolute atomic E-state index is 0.151. The van der Waals surface area contributed by atoms with Crippen LogP contribution in [0.5, 0.6) is 0 Å². The Bertz CT molecular complexity index is 1070. The number of carbonyl (C=O) groups is 1. The van der Waals surface area contributed by atoms with Crippen LogP contribution < -0.4 is 9.80 Å². The maximum absolute atomic E-state index is 12.3. The summed E-state index contributed by atoms with van der Waals surface area (Å²) >= 11 is 0. The first-order valence-corrected chi connectivity index (χ1v) is 9.85. The first-order chi connectivity index (χ1) is 13.5. The van der Waals surface area contributed by atoms with Crippen LogP contribution in [-0.2, 0) is 11.8 Å². The minimum Gasteiger partial charge on any atom is -0.355 e. The van der Waals surface area contributed by atoms with Crippen LogP contribution in [-0.4, -0.2) is 44.6 Å². The molecule has 28 heavy (non-hydrogen) atoms. The van der Waals surface area contributed by atoms with Gasteiger partial charge in [-0.05, 0) is 32.4 Å². The normalized spacial score (nSPS) is 20.2. The van der Waals surface area contributed by atoms with Gasteiger partial charge >= 0.3 is 0 Å². The topological polar surface area (TPSA) is 67.2 Å². The standard InChI is InChI=1S/C21H24N6O/c1-13-8-9-20(28)27(13)19-10-18(22-14(2)23-19)26-11-15(12-26)21-24-16-6-4-5-7-17(16)25(21)3/h4-7,10,13,15H,8-9,11-12H2,1-3H3.